The summed E-state index contributed by atoms with van der Waals surface area (Å²) in [7, 11) is -9.94. The number of aliphatic hydroxyl groups is 1. The van der Waals surface area contributed by atoms with Crippen LogP contribution in [-0.4, -0.2) is 96.7 Å². The number of esters is 4. The maximum atomic E-state index is 13.0. The number of unbranched alkanes of at least 4 members (excludes halogenated alkanes) is 27. The van der Waals surface area contributed by atoms with Crippen LogP contribution in [0.3, 0.4) is 0 Å². The summed E-state index contributed by atoms with van der Waals surface area (Å²) in [4.78, 5) is 72.5. The second kappa shape index (κ2) is 65.9. The first-order valence-electron chi connectivity index (χ1n) is 35.8. The molecule has 0 aromatic carbocycles. The molecule has 0 heterocycles. The zero-order valence-corrected chi connectivity index (χ0v) is 59.5. The van der Waals surface area contributed by atoms with E-state index < -0.39 is 97.5 Å². The topological polar surface area (TPSA) is 237 Å². The van der Waals surface area contributed by atoms with Crippen LogP contribution in [0.2, 0.25) is 0 Å². The number of hydrogen-bond acceptors (Lipinski definition) is 15. The summed E-state index contributed by atoms with van der Waals surface area (Å²) in [6, 6.07) is 0. The zero-order valence-electron chi connectivity index (χ0n) is 57.7. The van der Waals surface area contributed by atoms with E-state index in [0.717, 1.165) is 167 Å². The fourth-order valence-corrected chi connectivity index (χ4v) is 10.9. The average molecular weight is 1340 g/mol. The summed E-state index contributed by atoms with van der Waals surface area (Å²) < 4.78 is 68.2. The Morgan fingerprint density at radius 1 is 0.315 bits per heavy atom. The summed E-state index contributed by atoms with van der Waals surface area (Å²) in [6.07, 6.45) is 64.6. The van der Waals surface area contributed by atoms with Crippen LogP contribution in [0.5, 0.6) is 0 Å². The molecule has 0 rings (SSSR count). The van der Waals surface area contributed by atoms with E-state index in [9.17, 15) is 43.2 Å². The van der Waals surface area contributed by atoms with Crippen LogP contribution in [0.1, 0.15) is 297 Å². The molecule has 0 bridgehead atoms. The number of aliphatic hydroxyl groups excluding tert-OH is 1. The van der Waals surface area contributed by atoms with Crippen molar-refractivity contribution in [3.05, 3.63) is 85.1 Å². The zero-order chi connectivity index (χ0) is 67.5. The molecule has 0 saturated heterocycles. The predicted octanol–water partition coefficient (Wildman–Crippen LogP) is 19.9. The van der Waals surface area contributed by atoms with Crippen molar-refractivity contribution >= 4 is 39.5 Å². The van der Waals surface area contributed by atoms with Crippen molar-refractivity contribution < 1.29 is 80.2 Å². The molecule has 5 atom stereocenters. The van der Waals surface area contributed by atoms with Crippen molar-refractivity contribution in [2.45, 2.75) is 316 Å². The van der Waals surface area contributed by atoms with Crippen molar-refractivity contribution in [3.8, 4) is 0 Å². The molecule has 17 nitrogen and oxygen atoms in total. The fourth-order valence-electron chi connectivity index (χ4n) is 9.28. The molecule has 0 radical (unpaired) electrons. The Balaban J connectivity index is 5.33. The molecule has 19 heteroatoms. The highest BCUT2D eigenvalue weighted by Gasteiger charge is 2.30. The number of carbonyl (C=O) groups is 4. The first-order chi connectivity index (χ1) is 44.7. The van der Waals surface area contributed by atoms with Crippen LogP contribution in [-0.2, 0) is 65.4 Å². The van der Waals surface area contributed by atoms with Gasteiger partial charge in [-0.05, 0) is 128 Å². The fraction of sp³-hybridized carbons (Fsp3) is 0.753. The summed E-state index contributed by atoms with van der Waals surface area (Å²) in [5.74, 6) is -2.22. The second-order valence-corrected chi connectivity index (χ2v) is 26.7. The molecule has 0 spiro atoms. The van der Waals surface area contributed by atoms with E-state index in [2.05, 4.69) is 113 Å². The third kappa shape index (κ3) is 64.9. The van der Waals surface area contributed by atoms with Crippen molar-refractivity contribution in [1.29, 1.82) is 0 Å². The number of ether oxygens (including phenoxy) is 4. The molecule has 0 aliphatic heterocycles. The lowest BCUT2D eigenvalue weighted by atomic mass is 10.1. The van der Waals surface area contributed by atoms with Gasteiger partial charge in [-0.25, -0.2) is 9.13 Å². The van der Waals surface area contributed by atoms with Crippen molar-refractivity contribution in [1.82, 2.24) is 0 Å². The Labute approximate surface area is 557 Å². The highest BCUT2D eigenvalue weighted by molar-refractivity contribution is 7.47. The summed E-state index contributed by atoms with van der Waals surface area (Å²) >= 11 is 0. The van der Waals surface area contributed by atoms with E-state index in [1.807, 2.05) is 0 Å². The van der Waals surface area contributed by atoms with Gasteiger partial charge in [-0.15, -0.1) is 0 Å². The van der Waals surface area contributed by atoms with Crippen LogP contribution >= 0.6 is 15.6 Å². The summed E-state index contributed by atoms with van der Waals surface area (Å²) in [5, 5.41) is 10.6. The van der Waals surface area contributed by atoms with Gasteiger partial charge in [-0.2, -0.15) is 0 Å². The first kappa shape index (κ1) is 88.2. The van der Waals surface area contributed by atoms with E-state index in [-0.39, 0.29) is 25.7 Å². The minimum atomic E-state index is -4.97. The number of carbonyl (C=O) groups excluding carboxylic acids is 4. The van der Waals surface area contributed by atoms with Crippen LogP contribution in [0, 0.1) is 0 Å². The van der Waals surface area contributed by atoms with E-state index in [1.165, 1.54) is 51.4 Å². The van der Waals surface area contributed by atoms with Crippen molar-refractivity contribution in [2.75, 3.05) is 39.6 Å². The molecule has 3 N–H and O–H groups in total. The molecule has 0 saturated carbocycles. The molecule has 0 aliphatic rings. The second-order valence-electron chi connectivity index (χ2n) is 23.8. The first-order valence-corrected chi connectivity index (χ1v) is 38.8. The molecule has 92 heavy (non-hydrogen) atoms. The largest absolute Gasteiger partial charge is 0.472 e. The van der Waals surface area contributed by atoms with Gasteiger partial charge in [-0.1, -0.05) is 228 Å². The predicted molar refractivity (Wildman–Crippen MR) is 372 cm³/mol. The maximum Gasteiger partial charge on any atom is 0.472 e. The quantitative estimate of drug-likeness (QED) is 0.0169. The lowest BCUT2D eigenvalue weighted by Gasteiger charge is -2.21. The van der Waals surface area contributed by atoms with E-state index in [1.54, 1.807) is 0 Å². The van der Waals surface area contributed by atoms with Crippen LogP contribution < -0.4 is 0 Å². The number of rotatable bonds is 67. The Bertz CT molecular complexity index is 2090. The molecule has 5 unspecified atom stereocenters. The molecular formula is C73H128O17P2. The number of allylic oxidation sites excluding steroid dienone is 14. The maximum absolute atomic E-state index is 13.0. The van der Waals surface area contributed by atoms with E-state index >= 15 is 0 Å². The van der Waals surface area contributed by atoms with Gasteiger partial charge in [-0.3, -0.25) is 37.3 Å². The van der Waals surface area contributed by atoms with Crippen molar-refractivity contribution in [3.63, 3.8) is 0 Å². The molecule has 0 aliphatic carbocycles. The minimum absolute atomic E-state index is 0.0798. The molecule has 0 aromatic rings. The smallest absolute Gasteiger partial charge is 0.462 e. The third-order valence-electron chi connectivity index (χ3n) is 14.8. The Hall–Kier alpha value is -3.76. The van der Waals surface area contributed by atoms with E-state index in [4.69, 9.17) is 37.0 Å². The molecule has 0 amide bonds. The molecule has 0 aromatic heterocycles. The Kier molecular flexibility index (Phi) is 63.2. The van der Waals surface area contributed by atoms with Crippen LogP contribution in [0.15, 0.2) is 85.1 Å². The minimum Gasteiger partial charge on any atom is -0.462 e. The van der Waals surface area contributed by atoms with Gasteiger partial charge in [0.1, 0.15) is 19.3 Å². The summed E-state index contributed by atoms with van der Waals surface area (Å²) in [5.41, 5.74) is 0. The normalized spacial score (nSPS) is 14.6. The van der Waals surface area contributed by atoms with Gasteiger partial charge in [0.2, 0.25) is 0 Å². The Morgan fingerprint density at radius 2 is 0.576 bits per heavy atom. The van der Waals surface area contributed by atoms with Crippen LogP contribution in [0.25, 0.3) is 0 Å². The third-order valence-corrected chi connectivity index (χ3v) is 16.7. The molecule has 532 valence electrons. The highest BCUT2D eigenvalue weighted by Crippen LogP contribution is 2.45. The molecule has 0 fully saturated rings. The monoisotopic (exact) mass is 1340 g/mol. The van der Waals surface area contributed by atoms with Gasteiger partial charge in [0.15, 0.2) is 12.2 Å². The number of phosphoric acid groups is 2. The SMILES string of the molecule is CC/C=C\C/C=C\C/C=C\C/C=C\CCCCCCC(=O)OCC(COP(=O)(O)OCC(O)COP(=O)(O)OCC(COC(=O)CCCCCCC/C=C\CCCC)OC(=O)CCCCCCC/C=C\CCCC)OC(=O)CCCCCCC/C=C\CCCCCC. The van der Waals surface area contributed by atoms with Crippen LogP contribution in [0.4, 0.5) is 0 Å². The van der Waals surface area contributed by atoms with E-state index in [0.29, 0.717) is 25.7 Å². The Morgan fingerprint density at radius 3 is 0.913 bits per heavy atom. The number of hydrogen-bond donors (Lipinski definition) is 3. The van der Waals surface area contributed by atoms with Gasteiger partial charge < -0.3 is 33.8 Å². The average Bonchev–Trinajstić information content (AvgIpc) is 2.89. The standard InChI is InChI=1S/C73H128O17P2/c1-5-9-13-17-21-25-29-31-32-33-34-36-39-42-46-50-54-58-71(76)84-64-69(90-73(78)60-56-52-48-44-40-35-30-26-22-18-14-10-6-2)66-88-92(81,82)86-62-67(74)61-85-91(79,80)87-65-68(89-72(77)59-55-51-47-43-38-28-24-20-16-12-8-4)63-83-70(75)57-53-49-45-41-37-27-23-19-15-11-7-3/h9,13,19-21,23-26,30-32,34,36,67-69,74H,5-8,10-12,14-18,22,27-29,33,35,37-66H2,1-4H3,(H,79,80)(H,81,82)/b13-9-,23-19-,24-20-,25-21-,30-26-,32-31-,36-34-. The van der Waals surface area contributed by atoms with Gasteiger partial charge in [0.25, 0.3) is 0 Å². The van der Waals surface area contributed by atoms with Gasteiger partial charge >= 0.3 is 39.5 Å². The lowest BCUT2D eigenvalue weighted by molar-refractivity contribution is -0.161. The van der Waals surface area contributed by atoms with Gasteiger partial charge in [0, 0.05) is 25.7 Å². The highest BCUT2D eigenvalue weighted by atomic mass is 31.2. The lowest BCUT2D eigenvalue weighted by Crippen LogP contribution is -2.30. The van der Waals surface area contributed by atoms with Gasteiger partial charge in [0.05, 0.1) is 26.4 Å². The van der Waals surface area contributed by atoms with Crippen molar-refractivity contribution in [2.24, 2.45) is 0 Å². The molecular weight excluding hydrogens is 1210 g/mol. The summed E-state index contributed by atoms with van der Waals surface area (Å²) in [6.45, 7) is 4.60. The number of phosphoric ester groups is 2.